The molecule has 156 valence electrons. The van der Waals surface area contributed by atoms with Crippen molar-refractivity contribution in [3.05, 3.63) is 89.8 Å². The van der Waals surface area contributed by atoms with Gasteiger partial charge in [-0.1, -0.05) is 36.4 Å². The van der Waals surface area contributed by atoms with Gasteiger partial charge in [-0.2, -0.15) is 0 Å². The summed E-state index contributed by atoms with van der Waals surface area (Å²) in [5.41, 5.74) is 3.23. The van der Waals surface area contributed by atoms with Crippen LogP contribution in [0.25, 0.3) is 22.2 Å². The second-order valence-electron chi connectivity index (χ2n) is 7.76. The lowest BCUT2D eigenvalue weighted by Gasteiger charge is -2.22. The molecule has 1 saturated heterocycles. The fourth-order valence-electron chi connectivity index (χ4n) is 4.15. The van der Waals surface area contributed by atoms with Gasteiger partial charge in [0.2, 0.25) is 11.8 Å². The number of halogens is 2. The van der Waals surface area contributed by atoms with Crippen LogP contribution in [0, 0.1) is 11.6 Å². The molecular formula is C25H20F2N2O2. The number of aromatic nitrogens is 1. The predicted molar refractivity (Wildman–Crippen MR) is 113 cm³/mol. The number of benzene rings is 3. The summed E-state index contributed by atoms with van der Waals surface area (Å²) in [7, 11) is 0. The van der Waals surface area contributed by atoms with Crippen LogP contribution in [0.15, 0.2) is 71.1 Å². The van der Waals surface area contributed by atoms with Crippen LogP contribution in [0.4, 0.5) is 8.78 Å². The summed E-state index contributed by atoms with van der Waals surface area (Å²) in [5.74, 6) is -0.163. The highest BCUT2D eigenvalue weighted by atomic mass is 19.1. The van der Waals surface area contributed by atoms with Crippen LogP contribution in [-0.4, -0.2) is 22.3 Å². The van der Waals surface area contributed by atoms with E-state index in [0.717, 1.165) is 24.0 Å². The maximum absolute atomic E-state index is 14.2. The van der Waals surface area contributed by atoms with E-state index in [1.807, 2.05) is 6.07 Å². The molecule has 0 N–H and O–H groups in total. The molecule has 6 heteroatoms. The molecule has 0 radical (unpaired) electrons. The maximum Gasteiger partial charge on any atom is 0.227 e. The Kier molecular flexibility index (Phi) is 4.98. The molecule has 1 amide bonds. The summed E-state index contributed by atoms with van der Waals surface area (Å²) in [5, 5.41) is 0. The van der Waals surface area contributed by atoms with E-state index in [4.69, 9.17) is 4.42 Å². The zero-order valence-electron chi connectivity index (χ0n) is 16.7. The number of nitrogens with zero attached hydrogens (tertiary/aromatic N) is 2. The number of rotatable bonds is 4. The van der Waals surface area contributed by atoms with Gasteiger partial charge in [-0.05, 0) is 54.3 Å². The molecule has 1 unspecified atom stereocenters. The standard InChI is InChI=1S/C25H20F2N2O2/c26-18-10-7-16(8-11-18)14-24(30)29-13-3-6-22(29)25-28-21-15-17(9-12-23(21)31-25)19-4-1-2-5-20(19)27/h1-2,4-5,7-12,15,22H,3,6,13-14H2. The van der Waals surface area contributed by atoms with Crippen molar-refractivity contribution in [2.75, 3.05) is 6.54 Å². The molecule has 2 heterocycles. The Balaban J connectivity index is 1.40. The zero-order valence-corrected chi connectivity index (χ0v) is 16.7. The summed E-state index contributed by atoms with van der Waals surface area (Å²) in [6.45, 7) is 0.629. The number of likely N-dealkylation sites (tertiary alicyclic amines) is 1. The first-order chi connectivity index (χ1) is 15.1. The molecule has 4 nitrogen and oxygen atoms in total. The van der Waals surface area contributed by atoms with Crippen LogP contribution >= 0.6 is 0 Å². The number of amides is 1. The van der Waals surface area contributed by atoms with Crippen molar-refractivity contribution < 1.29 is 18.0 Å². The first-order valence-corrected chi connectivity index (χ1v) is 10.3. The van der Waals surface area contributed by atoms with Crippen LogP contribution in [-0.2, 0) is 11.2 Å². The van der Waals surface area contributed by atoms with Gasteiger partial charge in [0.25, 0.3) is 0 Å². The average molecular weight is 418 g/mol. The highest BCUT2D eigenvalue weighted by Gasteiger charge is 2.33. The Labute approximate surface area is 178 Å². The lowest BCUT2D eigenvalue weighted by Crippen LogP contribution is -2.32. The lowest BCUT2D eigenvalue weighted by molar-refractivity contribution is -0.131. The minimum Gasteiger partial charge on any atom is -0.438 e. The van der Waals surface area contributed by atoms with Crippen LogP contribution < -0.4 is 0 Å². The van der Waals surface area contributed by atoms with Gasteiger partial charge in [-0.25, -0.2) is 13.8 Å². The molecule has 1 aromatic heterocycles. The Morgan fingerprint density at radius 1 is 1.06 bits per heavy atom. The number of fused-ring (bicyclic) bond motifs is 1. The molecule has 31 heavy (non-hydrogen) atoms. The van der Waals surface area contributed by atoms with Gasteiger partial charge in [0, 0.05) is 12.1 Å². The van der Waals surface area contributed by atoms with Crippen LogP contribution in [0.3, 0.4) is 0 Å². The molecule has 0 spiro atoms. The number of carbonyl (C=O) groups excluding carboxylic acids is 1. The Morgan fingerprint density at radius 2 is 1.87 bits per heavy atom. The topological polar surface area (TPSA) is 46.3 Å². The van der Waals surface area contributed by atoms with E-state index in [2.05, 4.69) is 4.98 Å². The molecule has 3 aromatic carbocycles. The highest BCUT2D eigenvalue weighted by molar-refractivity contribution is 5.81. The third-order valence-electron chi connectivity index (χ3n) is 5.72. The SMILES string of the molecule is O=C(Cc1ccc(F)cc1)N1CCCC1c1nc2cc(-c3ccccc3F)ccc2o1. The van der Waals surface area contributed by atoms with Crippen molar-refractivity contribution in [1.82, 2.24) is 9.88 Å². The van der Waals surface area contributed by atoms with E-state index in [-0.39, 0.29) is 30.0 Å². The summed E-state index contributed by atoms with van der Waals surface area (Å²) in [6, 6.07) is 17.7. The largest absolute Gasteiger partial charge is 0.438 e. The van der Waals surface area contributed by atoms with Crippen LogP contribution in [0.1, 0.15) is 30.3 Å². The van der Waals surface area contributed by atoms with E-state index >= 15 is 0 Å². The molecule has 4 aromatic rings. The monoisotopic (exact) mass is 418 g/mol. The van der Waals surface area contributed by atoms with Gasteiger partial charge >= 0.3 is 0 Å². The smallest absolute Gasteiger partial charge is 0.227 e. The van der Waals surface area contributed by atoms with Crippen LogP contribution in [0.5, 0.6) is 0 Å². The zero-order chi connectivity index (χ0) is 21.4. The van der Waals surface area contributed by atoms with Crippen molar-refractivity contribution in [2.45, 2.75) is 25.3 Å². The molecule has 1 aliphatic rings. The third kappa shape index (κ3) is 3.81. The molecule has 0 saturated carbocycles. The van der Waals surface area contributed by atoms with Crippen LogP contribution in [0.2, 0.25) is 0 Å². The quantitative estimate of drug-likeness (QED) is 0.428. The first-order valence-electron chi connectivity index (χ1n) is 10.3. The summed E-state index contributed by atoms with van der Waals surface area (Å²) in [6.07, 6.45) is 1.83. The second-order valence-corrected chi connectivity index (χ2v) is 7.76. The molecule has 0 aliphatic carbocycles. The average Bonchev–Trinajstić information content (AvgIpc) is 3.42. The third-order valence-corrected chi connectivity index (χ3v) is 5.72. The van der Waals surface area contributed by atoms with Crippen molar-refractivity contribution in [2.24, 2.45) is 0 Å². The number of carbonyl (C=O) groups is 1. The molecule has 0 bridgehead atoms. The van der Waals surface area contributed by atoms with Crippen molar-refractivity contribution in [1.29, 1.82) is 0 Å². The molecular weight excluding hydrogens is 398 g/mol. The predicted octanol–water partition coefficient (Wildman–Crippen LogP) is 5.68. The maximum atomic E-state index is 14.2. The van der Waals surface area contributed by atoms with Gasteiger partial charge in [-0.3, -0.25) is 4.79 Å². The fourth-order valence-corrected chi connectivity index (χ4v) is 4.15. The Bertz CT molecular complexity index is 1250. The fraction of sp³-hybridized carbons (Fsp3) is 0.200. The number of hydrogen-bond acceptors (Lipinski definition) is 3. The van der Waals surface area contributed by atoms with Crippen molar-refractivity contribution >= 4 is 17.0 Å². The highest BCUT2D eigenvalue weighted by Crippen LogP contribution is 2.35. The molecule has 1 aliphatic heterocycles. The van der Waals surface area contributed by atoms with E-state index in [1.54, 1.807) is 47.4 Å². The van der Waals surface area contributed by atoms with E-state index in [1.165, 1.54) is 18.2 Å². The minimum atomic E-state index is -0.323. The van der Waals surface area contributed by atoms with Gasteiger partial charge in [0.15, 0.2) is 5.58 Å². The normalized spacial score (nSPS) is 16.2. The van der Waals surface area contributed by atoms with Crippen molar-refractivity contribution in [3.8, 4) is 11.1 Å². The number of hydrogen-bond donors (Lipinski definition) is 0. The van der Waals surface area contributed by atoms with Gasteiger partial charge in [0.1, 0.15) is 23.2 Å². The van der Waals surface area contributed by atoms with Gasteiger partial charge in [-0.15, -0.1) is 0 Å². The minimum absolute atomic E-state index is 0.0385. The van der Waals surface area contributed by atoms with E-state index < -0.39 is 0 Å². The molecule has 1 atom stereocenters. The molecule has 1 fully saturated rings. The lowest BCUT2D eigenvalue weighted by atomic mass is 10.0. The van der Waals surface area contributed by atoms with E-state index in [0.29, 0.717) is 29.1 Å². The summed E-state index contributed by atoms with van der Waals surface area (Å²) >= 11 is 0. The van der Waals surface area contributed by atoms with Gasteiger partial charge in [0.05, 0.1) is 6.42 Å². The summed E-state index contributed by atoms with van der Waals surface area (Å²) < 4.78 is 33.3. The first kappa shape index (κ1) is 19.4. The second kappa shape index (κ2) is 7.95. The van der Waals surface area contributed by atoms with Gasteiger partial charge < -0.3 is 9.32 Å². The summed E-state index contributed by atoms with van der Waals surface area (Å²) in [4.78, 5) is 19.3. The Hall–Kier alpha value is -3.54. The molecule has 5 rings (SSSR count). The van der Waals surface area contributed by atoms with Crippen molar-refractivity contribution in [3.63, 3.8) is 0 Å². The Morgan fingerprint density at radius 3 is 2.68 bits per heavy atom. The number of oxazole rings is 1. The van der Waals surface area contributed by atoms with E-state index in [9.17, 15) is 13.6 Å².